The number of rotatable bonds is 4. The van der Waals surface area contributed by atoms with Crippen LogP contribution in [0.2, 0.25) is 0 Å². The molecule has 9 heteroatoms. The maximum Gasteiger partial charge on any atom is 0.250 e. The van der Waals surface area contributed by atoms with E-state index in [0.717, 1.165) is 10.4 Å². The number of aromatic nitrogens is 6. The first-order valence-electron chi connectivity index (χ1n) is 6.05. The fourth-order valence-electron chi connectivity index (χ4n) is 1.76. The Morgan fingerprint density at radius 2 is 2.19 bits per heavy atom. The Balaban J connectivity index is 1.54. The van der Waals surface area contributed by atoms with Crippen molar-refractivity contribution in [2.75, 3.05) is 0 Å². The molecule has 4 heterocycles. The van der Waals surface area contributed by atoms with Gasteiger partial charge in [-0.25, -0.2) is 0 Å². The van der Waals surface area contributed by atoms with E-state index in [1.54, 1.807) is 22.7 Å². The molecule has 104 valence electrons. The molecule has 0 atom stereocenters. The largest absolute Gasteiger partial charge is 0.337 e. The summed E-state index contributed by atoms with van der Waals surface area (Å²) in [4.78, 5) is 6.74. The third-order valence-corrected chi connectivity index (χ3v) is 4.27. The van der Waals surface area contributed by atoms with Gasteiger partial charge in [0, 0.05) is 10.9 Å². The quantitative estimate of drug-likeness (QED) is 0.575. The van der Waals surface area contributed by atoms with Gasteiger partial charge in [0.1, 0.15) is 6.54 Å². The van der Waals surface area contributed by atoms with E-state index in [-0.39, 0.29) is 0 Å². The van der Waals surface area contributed by atoms with Gasteiger partial charge in [0.05, 0.1) is 4.88 Å². The van der Waals surface area contributed by atoms with Crippen LogP contribution in [0.3, 0.4) is 0 Å². The van der Waals surface area contributed by atoms with E-state index in [0.29, 0.717) is 24.1 Å². The molecule has 0 N–H and O–H groups in total. The third-order valence-electron chi connectivity index (χ3n) is 2.72. The Bertz CT molecular complexity index is 763. The van der Waals surface area contributed by atoms with Crippen molar-refractivity contribution in [3.8, 4) is 22.1 Å². The minimum absolute atomic E-state index is 0.301. The Morgan fingerprint density at radius 1 is 1.19 bits per heavy atom. The molecule has 0 aliphatic heterocycles. The lowest BCUT2D eigenvalue weighted by molar-refractivity contribution is 0.356. The smallest absolute Gasteiger partial charge is 0.250 e. The Labute approximate surface area is 126 Å². The molecule has 0 aliphatic carbocycles. The molecular formula is C12H8N6OS2. The second-order valence-electron chi connectivity index (χ2n) is 4.14. The normalized spacial score (nSPS) is 11.0. The molecule has 4 aromatic heterocycles. The SMILES string of the molecule is c1csc(-c2nnn(Cc3nc(-c4ccsc4)no3)n2)c1. The average Bonchev–Trinajstić information content (AvgIpc) is 3.28. The molecule has 0 radical (unpaired) electrons. The van der Waals surface area contributed by atoms with Crippen molar-refractivity contribution < 1.29 is 4.52 Å². The summed E-state index contributed by atoms with van der Waals surface area (Å²) in [6.07, 6.45) is 0. The number of nitrogens with zero attached hydrogens (tertiary/aromatic N) is 6. The van der Waals surface area contributed by atoms with E-state index < -0.39 is 0 Å². The summed E-state index contributed by atoms with van der Waals surface area (Å²) in [6.45, 7) is 0.301. The van der Waals surface area contributed by atoms with Gasteiger partial charge in [-0.1, -0.05) is 11.2 Å². The van der Waals surface area contributed by atoms with E-state index in [1.807, 2.05) is 34.3 Å². The summed E-state index contributed by atoms with van der Waals surface area (Å²) in [7, 11) is 0. The number of hydrogen-bond donors (Lipinski definition) is 0. The van der Waals surface area contributed by atoms with Crippen molar-refractivity contribution in [1.82, 2.24) is 30.3 Å². The summed E-state index contributed by atoms with van der Waals surface area (Å²) in [5.41, 5.74) is 0.945. The van der Waals surface area contributed by atoms with Gasteiger partial charge in [0.15, 0.2) is 0 Å². The van der Waals surface area contributed by atoms with E-state index in [4.69, 9.17) is 4.52 Å². The van der Waals surface area contributed by atoms with Crippen LogP contribution in [0.1, 0.15) is 5.89 Å². The van der Waals surface area contributed by atoms with Crippen LogP contribution in [0.15, 0.2) is 38.9 Å². The summed E-state index contributed by atoms with van der Waals surface area (Å²) in [6, 6.07) is 5.85. The molecule has 0 saturated heterocycles. The van der Waals surface area contributed by atoms with Gasteiger partial charge in [-0.15, -0.1) is 21.5 Å². The van der Waals surface area contributed by atoms with Gasteiger partial charge in [0.25, 0.3) is 5.89 Å². The molecule has 4 rings (SSSR count). The second kappa shape index (κ2) is 5.19. The van der Waals surface area contributed by atoms with Gasteiger partial charge in [-0.2, -0.15) is 21.1 Å². The molecule has 21 heavy (non-hydrogen) atoms. The topological polar surface area (TPSA) is 82.5 Å². The predicted octanol–water partition coefficient (Wildman–Crippen LogP) is 2.56. The van der Waals surface area contributed by atoms with Crippen molar-refractivity contribution in [3.63, 3.8) is 0 Å². The molecule has 0 fully saturated rings. The lowest BCUT2D eigenvalue weighted by Gasteiger charge is -1.90. The molecule has 0 saturated carbocycles. The van der Waals surface area contributed by atoms with Crippen LogP contribution in [0.25, 0.3) is 22.1 Å². The summed E-state index contributed by atoms with van der Waals surface area (Å²) in [5, 5.41) is 22.2. The summed E-state index contributed by atoms with van der Waals surface area (Å²) < 4.78 is 5.21. The highest BCUT2D eigenvalue weighted by atomic mass is 32.1. The molecule has 0 amide bonds. The molecule has 7 nitrogen and oxygen atoms in total. The first kappa shape index (κ1) is 12.4. The molecular weight excluding hydrogens is 308 g/mol. The van der Waals surface area contributed by atoms with Crippen LogP contribution in [-0.2, 0) is 6.54 Å². The summed E-state index contributed by atoms with van der Waals surface area (Å²) >= 11 is 3.16. The van der Waals surface area contributed by atoms with Gasteiger partial charge in [-0.05, 0) is 28.1 Å². The Hall–Kier alpha value is -2.39. The van der Waals surface area contributed by atoms with E-state index in [1.165, 1.54) is 4.80 Å². The number of tetrazole rings is 1. The van der Waals surface area contributed by atoms with Crippen molar-refractivity contribution in [2.45, 2.75) is 6.54 Å². The first-order chi connectivity index (χ1) is 10.4. The molecule has 0 bridgehead atoms. The minimum Gasteiger partial charge on any atom is -0.337 e. The molecule has 0 aromatic carbocycles. The van der Waals surface area contributed by atoms with Crippen molar-refractivity contribution >= 4 is 22.7 Å². The van der Waals surface area contributed by atoms with Crippen LogP contribution < -0.4 is 0 Å². The van der Waals surface area contributed by atoms with Gasteiger partial charge in [-0.3, -0.25) is 0 Å². The van der Waals surface area contributed by atoms with Gasteiger partial charge >= 0.3 is 0 Å². The lowest BCUT2D eigenvalue weighted by Crippen LogP contribution is -2.04. The van der Waals surface area contributed by atoms with Crippen molar-refractivity contribution in [1.29, 1.82) is 0 Å². The predicted molar refractivity (Wildman–Crippen MR) is 77.8 cm³/mol. The number of thiophene rings is 2. The highest BCUT2D eigenvalue weighted by Gasteiger charge is 2.12. The first-order valence-corrected chi connectivity index (χ1v) is 7.87. The van der Waals surface area contributed by atoms with Crippen LogP contribution >= 0.6 is 22.7 Å². The number of hydrogen-bond acceptors (Lipinski definition) is 8. The maximum atomic E-state index is 5.21. The van der Waals surface area contributed by atoms with Gasteiger partial charge in [0.2, 0.25) is 11.6 Å². The second-order valence-corrected chi connectivity index (χ2v) is 5.87. The van der Waals surface area contributed by atoms with E-state index >= 15 is 0 Å². The van der Waals surface area contributed by atoms with Crippen LogP contribution in [-0.4, -0.2) is 30.3 Å². The Morgan fingerprint density at radius 3 is 3.00 bits per heavy atom. The molecule has 4 aromatic rings. The summed E-state index contributed by atoms with van der Waals surface area (Å²) in [5.74, 6) is 1.62. The third kappa shape index (κ3) is 2.48. The fraction of sp³-hybridized carbons (Fsp3) is 0.0833. The lowest BCUT2D eigenvalue weighted by atomic mass is 10.3. The van der Waals surface area contributed by atoms with E-state index in [2.05, 4.69) is 25.6 Å². The molecule has 0 aliphatic rings. The van der Waals surface area contributed by atoms with Crippen molar-refractivity contribution in [3.05, 3.63) is 40.2 Å². The van der Waals surface area contributed by atoms with Crippen molar-refractivity contribution in [2.24, 2.45) is 0 Å². The molecule has 0 spiro atoms. The van der Waals surface area contributed by atoms with Gasteiger partial charge < -0.3 is 4.52 Å². The monoisotopic (exact) mass is 316 g/mol. The van der Waals surface area contributed by atoms with Crippen LogP contribution in [0, 0.1) is 0 Å². The minimum atomic E-state index is 0.301. The zero-order valence-corrected chi connectivity index (χ0v) is 12.2. The highest BCUT2D eigenvalue weighted by molar-refractivity contribution is 7.13. The van der Waals surface area contributed by atoms with Crippen LogP contribution in [0.5, 0.6) is 0 Å². The highest BCUT2D eigenvalue weighted by Crippen LogP contribution is 2.20. The maximum absolute atomic E-state index is 5.21. The zero-order valence-electron chi connectivity index (χ0n) is 10.6. The average molecular weight is 316 g/mol. The Kier molecular flexibility index (Phi) is 3.05. The van der Waals surface area contributed by atoms with Crippen LogP contribution in [0.4, 0.5) is 0 Å². The molecule has 0 unspecified atom stereocenters. The zero-order chi connectivity index (χ0) is 14.1. The fourth-order valence-corrected chi connectivity index (χ4v) is 3.05. The van der Waals surface area contributed by atoms with E-state index in [9.17, 15) is 0 Å². The standard InChI is InChI=1S/C12H8N6OS2/c1-2-9(21-4-1)12-14-17-18(15-12)6-10-13-11(16-19-10)8-3-5-20-7-8/h1-5,7H,6H2.